The zero-order valence-corrected chi connectivity index (χ0v) is 21.6. The van der Waals surface area contributed by atoms with Crippen LogP contribution >= 0.6 is 11.3 Å². The van der Waals surface area contributed by atoms with Gasteiger partial charge in [-0.05, 0) is 24.6 Å². The molecule has 0 amide bonds. The van der Waals surface area contributed by atoms with Gasteiger partial charge in [-0.15, -0.1) is 11.3 Å². The first-order valence-electron chi connectivity index (χ1n) is 12.2. The molecule has 11 heteroatoms. The van der Waals surface area contributed by atoms with Crippen LogP contribution in [-0.4, -0.2) is 40.4 Å². The first-order chi connectivity index (χ1) is 18.3. The Morgan fingerprint density at radius 1 is 1.03 bits per heavy atom. The molecule has 0 bridgehead atoms. The van der Waals surface area contributed by atoms with Crippen molar-refractivity contribution < 1.29 is 13.5 Å². The number of anilines is 1. The fraction of sp³-hybridized carbons (Fsp3) is 0.296. The fourth-order valence-electron chi connectivity index (χ4n) is 4.57. The molecule has 1 saturated heterocycles. The smallest absolute Gasteiger partial charge is 0.331 e. The summed E-state index contributed by atoms with van der Waals surface area (Å²) in [5.74, 6) is -1.56. The van der Waals surface area contributed by atoms with Crippen molar-refractivity contribution in [3.05, 3.63) is 103 Å². The summed E-state index contributed by atoms with van der Waals surface area (Å²) in [4.78, 5) is 34.2. The number of aromatic nitrogens is 3. The Balaban J connectivity index is 1.64. The summed E-state index contributed by atoms with van der Waals surface area (Å²) in [5, 5.41) is 2.49. The number of hydrogen-bond acceptors (Lipinski definition) is 7. The minimum Gasteiger partial charge on any atom is -0.378 e. The van der Waals surface area contributed by atoms with Crippen molar-refractivity contribution in [1.82, 2.24) is 14.1 Å². The van der Waals surface area contributed by atoms with Crippen molar-refractivity contribution in [1.29, 1.82) is 0 Å². The Morgan fingerprint density at radius 2 is 1.71 bits per heavy atom. The number of nitrogens with two attached hydrogens (primary N) is 1. The number of morpholine rings is 1. The summed E-state index contributed by atoms with van der Waals surface area (Å²) >= 11 is 1.38. The number of ether oxygens (including phenoxy) is 1. The van der Waals surface area contributed by atoms with Gasteiger partial charge >= 0.3 is 5.69 Å². The van der Waals surface area contributed by atoms with Crippen LogP contribution in [0.5, 0.6) is 0 Å². The third kappa shape index (κ3) is 5.04. The maximum absolute atomic E-state index is 14.6. The van der Waals surface area contributed by atoms with Gasteiger partial charge in [-0.3, -0.25) is 13.9 Å². The molecule has 0 saturated carbocycles. The average molecular weight is 540 g/mol. The van der Waals surface area contributed by atoms with E-state index in [0.29, 0.717) is 32.0 Å². The second-order valence-corrected chi connectivity index (χ2v) is 9.91. The van der Waals surface area contributed by atoms with Crippen LogP contribution < -0.4 is 21.9 Å². The van der Waals surface area contributed by atoms with Gasteiger partial charge in [-0.25, -0.2) is 18.6 Å². The predicted molar refractivity (Wildman–Crippen MR) is 143 cm³/mol. The molecule has 8 nitrogen and oxygen atoms in total. The molecule has 1 aliphatic heterocycles. The van der Waals surface area contributed by atoms with Gasteiger partial charge in [0.25, 0.3) is 5.56 Å². The molecule has 1 aliphatic rings. The van der Waals surface area contributed by atoms with E-state index in [-0.39, 0.29) is 23.4 Å². The Kier molecular flexibility index (Phi) is 7.50. The van der Waals surface area contributed by atoms with Gasteiger partial charge in [0.15, 0.2) is 5.13 Å². The normalized spacial score (nSPS) is 14.6. The first kappa shape index (κ1) is 26.0. The van der Waals surface area contributed by atoms with Gasteiger partial charge in [0.1, 0.15) is 11.6 Å². The van der Waals surface area contributed by atoms with Gasteiger partial charge in [-0.1, -0.05) is 36.4 Å². The van der Waals surface area contributed by atoms with Crippen LogP contribution in [0.15, 0.2) is 63.5 Å². The summed E-state index contributed by atoms with van der Waals surface area (Å²) in [6.45, 7) is 3.59. The molecule has 4 aromatic rings. The van der Waals surface area contributed by atoms with E-state index in [1.165, 1.54) is 22.0 Å². The van der Waals surface area contributed by atoms with E-state index in [0.717, 1.165) is 27.4 Å². The zero-order valence-electron chi connectivity index (χ0n) is 20.8. The van der Waals surface area contributed by atoms with Crippen molar-refractivity contribution in [2.24, 2.45) is 5.73 Å². The summed E-state index contributed by atoms with van der Waals surface area (Å²) in [6.07, 6.45) is 0. The highest BCUT2D eigenvalue weighted by atomic mass is 32.1. The Bertz CT molecular complexity index is 1540. The highest BCUT2D eigenvalue weighted by Crippen LogP contribution is 2.28. The van der Waals surface area contributed by atoms with Crippen LogP contribution in [0.1, 0.15) is 22.9 Å². The number of thiazole rings is 1. The fourth-order valence-corrected chi connectivity index (χ4v) is 5.44. The van der Waals surface area contributed by atoms with E-state index in [1.54, 1.807) is 12.3 Å². The molecular weight excluding hydrogens is 512 g/mol. The molecule has 5 rings (SSSR count). The second kappa shape index (κ2) is 11.0. The van der Waals surface area contributed by atoms with E-state index >= 15 is 0 Å². The number of halogens is 2. The van der Waals surface area contributed by atoms with Gasteiger partial charge in [0.2, 0.25) is 0 Å². The molecule has 3 heterocycles. The van der Waals surface area contributed by atoms with Crippen LogP contribution in [0.2, 0.25) is 0 Å². The third-order valence-corrected chi connectivity index (χ3v) is 7.60. The minimum absolute atomic E-state index is 0.116. The van der Waals surface area contributed by atoms with Gasteiger partial charge in [0, 0.05) is 35.8 Å². The quantitative estimate of drug-likeness (QED) is 0.387. The number of benzene rings is 2. The molecule has 1 fully saturated rings. The van der Waals surface area contributed by atoms with Crippen LogP contribution in [0.25, 0.3) is 11.3 Å². The van der Waals surface area contributed by atoms with E-state index in [1.807, 2.05) is 30.3 Å². The maximum atomic E-state index is 14.6. The number of nitrogens with zero attached hydrogens (tertiary/aromatic N) is 4. The van der Waals surface area contributed by atoms with Crippen molar-refractivity contribution in [2.45, 2.75) is 26.1 Å². The van der Waals surface area contributed by atoms with Crippen LogP contribution in [0, 0.1) is 18.6 Å². The predicted octanol–water partition coefficient (Wildman–Crippen LogP) is 3.31. The van der Waals surface area contributed by atoms with E-state index < -0.39 is 35.5 Å². The van der Waals surface area contributed by atoms with Gasteiger partial charge < -0.3 is 15.4 Å². The highest BCUT2D eigenvalue weighted by Gasteiger charge is 2.24. The van der Waals surface area contributed by atoms with Crippen LogP contribution in [-0.2, 0) is 17.8 Å². The maximum Gasteiger partial charge on any atom is 0.331 e. The summed E-state index contributed by atoms with van der Waals surface area (Å²) in [5.41, 5.74) is 6.46. The Hall–Kier alpha value is -3.67. The zero-order chi connectivity index (χ0) is 26.8. The second-order valence-electron chi connectivity index (χ2n) is 9.08. The largest absolute Gasteiger partial charge is 0.378 e. The number of hydrogen-bond donors (Lipinski definition) is 1. The molecule has 2 aromatic heterocycles. The molecule has 0 unspecified atom stereocenters. The Morgan fingerprint density at radius 3 is 2.39 bits per heavy atom. The molecule has 0 radical (unpaired) electrons. The molecule has 0 aliphatic carbocycles. The van der Waals surface area contributed by atoms with Crippen molar-refractivity contribution in [3.63, 3.8) is 0 Å². The molecular formula is C27H27F2N5O3S. The lowest BCUT2D eigenvalue weighted by Crippen LogP contribution is -2.44. The Labute approximate surface area is 221 Å². The summed E-state index contributed by atoms with van der Waals surface area (Å²) in [6, 6.07) is 12.0. The van der Waals surface area contributed by atoms with Crippen LogP contribution in [0.4, 0.5) is 13.9 Å². The minimum atomic E-state index is -0.778. The van der Waals surface area contributed by atoms with Gasteiger partial charge in [-0.2, -0.15) is 0 Å². The van der Waals surface area contributed by atoms with Crippen LogP contribution in [0.3, 0.4) is 0 Å². The first-order valence-corrected chi connectivity index (χ1v) is 13.1. The van der Waals surface area contributed by atoms with Crippen molar-refractivity contribution >= 4 is 16.5 Å². The third-order valence-electron chi connectivity index (χ3n) is 6.70. The topological polar surface area (TPSA) is 95.4 Å². The lowest BCUT2D eigenvalue weighted by molar-refractivity contribution is 0.122. The highest BCUT2D eigenvalue weighted by molar-refractivity contribution is 7.14. The van der Waals surface area contributed by atoms with E-state index in [4.69, 9.17) is 15.5 Å². The standard InChI is InChI=1S/C27H27F2N5O3S/c1-17-24(23-16-38-26(31-23)32-10-12-37-13-11-32)25(35)34(15-22(30)18-6-3-2-4-7-18)27(36)33(17)14-19-20(28)8-5-9-21(19)29/h2-9,16,22H,10-15,30H2,1H3/t22-/m0/s1. The lowest BCUT2D eigenvalue weighted by Gasteiger charge is -2.26. The van der Waals surface area contributed by atoms with E-state index in [9.17, 15) is 18.4 Å². The molecule has 2 N–H and O–H groups in total. The SMILES string of the molecule is Cc1c(-c2csc(N3CCOCC3)n2)c(=O)n(C[C@H](N)c2ccccc2)c(=O)n1Cc1c(F)cccc1F. The molecule has 198 valence electrons. The summed E-state index contributed by atoms with van der Waals surface area (Å²) in [7, 11) is 0. The monoisotopic (exact) mass is 539 g/mol. The molecule has 38 heavy (non-hydrogen) atoms. The van der Waals surface area contributed by atoms with E-state index in [2.05, 4.69) is 4.90 Å². The van der Waals surface area contributed by atoms with Crippen molar-refractivity contribution in [3.8, 4) is 11.3 Å². The molecule has 2 aromatic carbocycles. The number of rotatable bonds is 7. The lowest BCUT2D eigenvalue weighted by atomic mass is 10.1. The average Bonchev–Trinajstić information content (AvgIpc) is 3.41. The van der Waals surface area contributed by atoms with Gasteiger partial charge in [0.05, 0.1) is 37.6 Å². The summed E-state index contributed by atoms with van der Waals surface area (Å²) < 4.78 is 36.8. The molecule has 0 spiro atoms. The van der Waals surface area contributed by atoms with Crippen molar-refractivity contribution in [2.75, 3.05) is 31.2 Å². The molecule has 1 atom stereocenters.